The van der Waals surface area contributed by atoms with E-state index in [1.165, 1.54) is 11.8 Å². The summed E-state index contributed by atoms with van der Waals surface area (Å²) in [5.41, 5.74) is 1.01. The van der Waals surface area contributed by atoms with Gasteiger partial charge in [0.25, 0.3) is 5.91 Å². The van der Waals surface area contributed by atoms with E-state index in [9.17, 15) is 9.59 Å². The van der Waals surface area contributed by atoms with Crippen LogP contribution in [0.25, 0.3) is 0 Å². The molecule has 3 rings (SSSR count). The molecule has 0 bridgehead atoms. The maximum Gasteiger partial charge on any atom is 0.270 e. The molecule has 1 saturated heterocycles. The van der Waals surface area contributed by atoms with E-state index in [1.807, 2.05) is 16.4 Å². The molecule has 1 amide bonds. The van der Waals surface area contributed by atoms with Crippen LogP contribution >= 0.6 is 11.8 Å². The van der Waals surface area contributed by atoms with Gasteiger partial charge in [0.1, 0.15) is 12.0 Å². The first-order valence-corrected chi connectivity index (χ1v) is 8.69. The van der Waals surface area contributed by atoms with Gasteiger partial charge in [-0.3, -0.25) is 9.59 Å². The van der Waals surface area contributed by atoms with Crippen LogP contribution in [0.1, 0.15) is 40.6 Å². The van der Waals surface area contributed by atoms with Crippen LogP contribution in [0, 0.1) is 0 Å². The molecule has 0 unspecified atom stereocenters. The zero-order valence-electron chi connectivity index (χ0n) is 13.0. The molecule has 1 aliphatic heterocycles. The fourth-order valence-corrected chi connectivity index (χ4v) is 3.43. The first-order valence-electron chi connectivity index (χ1n) is 7.70. The molecule has 1 N–H and O–H groups in total. The minimum absolute atomic E-state index is 0.0278. The summed E-state index contributed by atoms with van der Waals surface area (Å²) in [5.74, 6) is 0.214. The summed E-state index contributed by atoms with van der Waals surface area (Å²) in [6.07, 6.45) is 5.35. The zero-order valence-corrected chi connectivity index (χ0v) is 13.8. The highest BCUT2D eigenvalue weighted by Crippen LogP contribution is 2.18. The third-order valence-electron chi connectivity index (χ3n) is 3.88. The Hall–Kier alpha value is -2.09. The fourth-order valence-electron chi connectivity index (χ4n) is 2.56. The molecule has 2 aromatic rings. The molecular formula is C15H19N5O2S. The molecule has 0 radical (unpaired) electrons. The summed E-state index contributed by atoms with van der Waals surface area (Å²) in [6, 6.07) is 1.65. The van der Waals surface area contributed by atoms with Crippen molar-refractivity contribution in [2.45, 2.75) is 31.5 Å². The smallest absolute Gasteiger partial charge is 0.270 e. The van der Waals surface area contributed by atoms with Gasteiger partial charge < -0.3 is 14.5 Å². The van der Waals surface area contributed by atoms with Crippen molar-refractivity contribution in [1.29, 1.82) is 0 Å². The van der Waals surface area contributed by atoms with Crippen LogP contribution < -0.4 is 0 Å². The molecule has 1 aliphatic rings. The molecule has 0 atom stereocenters. The summed E-state index contributed by atoms with van der Waals surface area (Å²) in [6.45, 7) is 4.35. The Labute approximate surface area is 138 Å². The van der Waals surface area contributed by atoms with Crippen molar-refractivity contribution >= 4 is 23.5 Å². The zero-order chi connectivity index (χ0) is 16.2. The average molecular weight is 333 g/mol. The van der Waals surface area contributed by atoms with E-state index >= 15 is 0 Å². The van der Waals surface area contributed by atoms with Crippen molar-refractivity contribution in [3.8, 4) is 0 Å². The normalized spacial score (nSPS) is 14.4. The highest BCUT2D eigenvalue weighted by atomic mass is 32.2. The molecule has 8 heteroatoms. The number of Topliss-reactive ketones (excluding diaryl/α,β-unsaturated/α-hetero) is 1. The maximum absolute atomic E-state index is 12.3. The predicted octanol–water partition coefficient (Wildman–Crippen LogP) is 1.84. The quantitative estimate of drug-likeness (QED) is 0.644. The summed E-state index contributed by atoms with van der Waals surface area (Å²) in [7, 11) is 0. The number of aromatic nitrogens is 4. The molecule has 0 spiro atoms. The summed E-state index contributed by atoms with van der Waals surface area (Å²) >= 11 is 1.35. The average Bonchev–Trinajstić information content (AvgIpc) is 3.33. The maximum atomic E-state index is 12.3. The van der Waals surface area contributed by atoms with E-state index in [2.05, 4.69) is 15.2 Å². The third kappa shape index (κ3) is 3.47. The Bertz CT molecular complexity index is 702. The fraction of sp³-hybridized carbons (Fsp3) is 0.467. The number of aromatic amines is 1. The van der Waals surface area contributed by atoms with Crippen molar-refractivity contribution in [3.05, 3.63) is 29.8 Å². The van der Waals surface area contributed by atoms with Crippen LogP contribution in [0.2, 0.25) is 0 Å². The number of nitrogens with zero attached hydrogens (tertiary/aromatic N) is 4. The van der Waals surface area contributed by atoms with Gasteiger partial charge in [0, 0.05) is 31.4 Å². The van der Waals surface area contributed by atoms with Crippen molar-refractivity contribution in [2.24, 2.45) is 0 Å². The number of carbonyl (C=O) groups is 2. The number of rotatable bonds is 6. The highest BCUT2D eigenvalue weighted by Gasteiger charge is 2.21. The third-order valence-corrected chi connectivity index (χ3v) is 4.86. The Morgan fingerprint density at radius 2 is 2.13 bits per heavy atom. The second-order valence-electron chi connectivity index (χ2n) is 5.41. The van der Waals surface area contributed by atoms with Gasteiger partial charge in [0.05, 0.1) is 5.75 Å². The second-order valence-corrected chi connectivity index (χ2v) is 6.36. The molecule has 23 heavy (non-hydrogen) atoms. The lowest BCUT2D eigenvalue weighted by Crippen LogP contribution is -2.27. The van der Waals surface area contributed by atoms with Gasteiger partial charge in [0.2, 0.25) is 0 Å². The van der Waals surface area contributed by atoms with E-state index in [1.54, 1.807) is 18.6 Å². The van der Waals surface area contributed by atoms with E-state index in [0.29, 0.717) is 11.3 Å². The SMILES string of the molecule is CCn1cnnc1SCC(=O)c1c[nH]c(C(=O)N2CCCC2)c1. The molecule has 0 aliphatic carbocycles. The molecule has 7 nitrogen and oxygen atoms in total. The number of thioether (sulfide) groups is 1. The lowest BCUT2D eigenvalue weighted by atomic mass is 10.2. The number of ketones is 1. The molecule has 2 aromatic heterocycles. The Kier molecular flexibility index (Phi) is 4.80. The van der Waals surface area contributed by atoms with Gasteiger partial charge in [-0.05, 0) is 25.8 Å². The van der Waals surface area contributed by atoms with Gasteiger partial charge in [0.15, 0.2) is 10.9 Å². The standard InChI is InChI=1S/C15H19N5O2S/c1-2-19-10-17-18-15(19)23-9-13(21)11-7-12(16-8-11)14(22)20-5-3-4-6-20/h7-8,10,16H,2-6,9H2,1H3. The lowest BCUT2D eigenvalue weighted by molar-refractivity contribution is 0.0787. The van der Waals surface area contributed by atoms with E-state index < -0.39 is 0 Å². The minimum Gasteiger partial charge on any atom is -0.356 e. The van der Waals surface area contributed by atoms with Gasteiger partial charge in [-0.25, -0.2) is 0 Å². The molecule has 3 heterocycles. The van der Waals surface area contributed by atoms with Crippen LogP contribution in [-0.4, -0.2) is 55.2 Å². The Balaban J connectivity index is 1.61. The number of nitrogens with one attached hydrogen (secondary N) is 1. The number of aryl methyl sites for hydroxylation is 1. The predicted molar refractivity (Wildman–Crippen MR) is 86.7 cm³/mol. The minimum atomic E-state index is -0.0302. The summed E-state index contributed by atoms with van der Waals surface area (Å²) in [5, 5.41) is 8.56. The number of amides is 1. The van der Waals surface area contributed by atoms with Gasteiger partial charge >= 0.3 is 0 Å². The first kappa shape index (κ1) is 15.8. The van der Waals surface area contributed by atoms with Gasteiger partial charge in [-0.2, -0.15) is 0 Å². The number of H-pyrrole nitrogens is 1. The van der Waals surface area contributed by atoms with Gasteiger partial charge in [-0.15, -0.1) is 10.2 Å². The van der Waals surface area contributed by atoms with Crippen LogP contribution in [0.3, 0.4) is 0 Å². The van der Waals surface area contributed by atoms with Crippen molar-refractivity contribution in [2.75, 3.05) is 18.8 Å². The van der Waals surface area contributed by atoms with Crippen LogP contribution in [0.15, 0.2) is 23.7 Å². The van der Waals surface area contributed by atoms with Gasteiger partial charge in [-0.1, -0.05) is 11.8 Å². The number of likely N-dealkylation sites (tertiary alicyclic amines) is 1. The van der Waals surface area contributed by atoms with E-state index in [4.69, 9.17) is 0 Å². The molecule has 1 fully saturated rings. The van der Waals surface area contributed by atoms with Crippen LogP contribution in [0.4, 0.5) is 0 Å². The monoisotopic (exact) mass is 333 g/mol. The van der Waals surface area contributed by atoms with Crippen molar-refractivity contribution in [3.63, 3.8) is 0 Å². The van der Waals surface area contributed by atoms with E-state index in [0.717, 1.165) is 37.6 Å². The lowest BCUT2D eigenvalue weighted by Gasteiger charge is -2.13. The second kappa shape index (κ2) is 6.99. The number of hydrogen-bond donors (Lipinski definition) is 1. The van der Waals surface area contributed by atoms with Crippen LogP contribution in [-0.2, 0) is 6.54 Å². The molecular weight excluding hydrogens is 314 g/mol. The molecule has 0 saturated carbocycles. The van der Waals surface area contributed by atoms with E-state index in [-0.39, 0.29) is 17.4 Å². The number of carbonyl (C=O) groups excluding carboxylic acids is 2. The topological polar surface area (TPSA) is 83.9 Å². The van der Waals surface area contributed by atoms with Crippen molar-refractivity contribution < 1.29 is 9.59 Å². The van der Waals surface area contributed by atoms with Crippen molar-refractivity contribution in [1.82, 2.24) is 24.6 Å². The first-order chi connectivity index (χ1) is 11.2. The van der Waals surface area contributed by atoms with Crippen LogP contribution in [0.5, 0.6) is 0 Å². The Morgan fingerprint density at radius 1 is 1.35 bits per heavy atom. The Morgan fingerprint density at radius 3 is 2.87 bits per heavy atom. The largest absolute Gasteiger partial charge is 0.356 e. The number of hydrogen-bond acceptors (Lipinski definition) is 5. The molecule has 0 aromatic carbocycles. The molecule has 122 valence electrons. The highest BCUT2D eigenvalue weighted by molar-refractivity contribution is 7.99. The summed E-state index contributed by atoms with van der Waals surface area (Å²) < 4.78 is 1.89. The summed E-state index contributed by atoms with van der Waals surface area (Å²) in [4.78, 5) is 29.3.